The van der Waals surface area contributed by atoms with Crippen LogP contribution in [0.1, 0.15) is 31.3 Å². The van der Waals surface area contributed by atoms with Gasteiger partial charge < -0.3 is 20.0 Å². The van der Waals surface area contributed by atoms with Crippen molar-refractivity contribution in [3.63, 3.8) is 0 Å². The largest absolute Gasteiger partial charge is 0.461 e. The maximum atomic E-state index is 12.2. The van der Waals surface area contributed by atoms with Gasteiger partial charge in [-0.05, 0) is 25.0 Å². The quantitative estimate of drug-likeness (QED) is 0.872. The van der Waals surface area contributed by atoms with Crippen molar-refractivity contribution in [2.75, 3.05) is 6.54 Å². The Hall–Kier alpha value is -2.08. The number of amides is 1. The van der Waals surface area contributed by atoms with Crippen molar-refractivity contribution in [2.24, 2.45) is 11.7 Å². The van der Waals surface area contributed by atoms with Gasteiger partial charge in [-0.25, -0.2) is 0 Å². The fourth-order valence-electron chi connectivity index (χ4n) is 1.67. The van der Waals surface area contributed by atoms with E-state index in [0.717, 1.165) is 0 Å². The number of rotatable bonds is 5. The molecule has 1 amide bonds. The number of furan rings is 1. The zero-order chi connectivity index (χ0) is 14.8. The van der Waals surface area contributed by atoms with Crippen molar-refractivity contribution in [3.8, 4) is 11.5 Å². The molecule has 6 heteroatoms. The molecule has 6 nitrogen and oxygen atoms in total. The van der Waals surface area contributed by atoms with Gasteiger partial charge in [0.2, 0.25) is 5.76 Å². The van der Waals surface area contributed by atoms with Gasteiger partial charge in [0, 0.05) is 12.6 Å². The van der Waals surface area contributed by atoms with Crippen molar-refractivity contribution in [2.45, 2.75) is 26.3 Å². The Morgan fingerprint density at radius 1 is 1.50 bits per heavy atom. The third-order valence-electron chi connectivity index (χ3n) is 3.60. The molecule has 2 aromatic rings. The molecule has 0 spiro atoms. The van der Waals surface area contributed by atoms with E-state index in [-0.39, 0.29) is 17.5 Å². The molecule has 0 aliphatic carbocycles. The van der Waals surface area contributed by atoms with Crippen LogP contribution in [-0.4, -0.2) is 23.1 Å². The van der Waals surface area contributed by atoms with E-state index in [9.17, 15) is 4.79 Å². The molecule has 2 aromatic heterocycles. The smallest absolute Gasteiger partial charge is 0.273 e. The van der Waals surface area contributed by atoms with Crippen molar-refractivity contribution in [1.82, 2.24) is 10.5 Å². The number of nitrogens with zero attached hydrogens (tertiary/aromatic N) is 1. The van der Waals surface area contributed by atoms with E-state index in [1.54, 1.807) is 18.2 Å². The summed E-state index contributed by atoms with van der Waals surface area (Å²) in [4.78, 5) is 12.2. The number of aromatic nitrogens is 1. The van der Waals surface area contributed by atoms with Gasteiger partial charge in [0.1, 0.15) is 0 Å². The monoisotopic (exact) mass is 277 g/mol. The SMILES string of the molecule is CC(C)C(C)(CN)NC(=O)c1cc(-c2ccco2)on1. The summed E-state index contributed by atoms with van der Waals surface area (Å²) < 4.78 is 10.3. The second-order valence-electron chi connectivity index (χ2n) is 5.28. The summed E-state index contributed by atoms with van der Waals surface area (Å²) in [6.07, 6.45) is 1.53. The van der Waals surface area contributed by atoms with Crippen LogP contribution in [-0.2, 0) is 0 Å². The molecule has 0 radical (unpaired) electrons. The van der Waals surface area contributed by atoms with Crippen LogP contribution in [0.2, 0.25) is 0 Å². The second kappa shape index (κ2) is 5.50. The molecule has 0 aromatic carbocycles. The predicted octanol–water partition coefficient (Wildman–Crippen LogP) is 2.04. The highest BCUT2D eigenvalue weighted by Gasteiger charge is 2.30. The molecule has 0 saturated carbocycles. The van der Waals surface area contributed by atoms with Crippen LogP contribution in [0.15, 0.2) is 33.4 Å². The first kappa shape index (κ1) is 14.3. The summed E-state index contributed by atoms with van der Waals surface area (Å²) in [6.45, 7) is 6.26. The fraction of sp³-hybridized carbons (Fsp3) is 0.429. The van der Waals surface area contributed by atoms with E-state index in [0.29, 0.717) is 18.1 Å². The van der Waals surface area contributed by atoms with Gasteiger partial charge in [0.15, 0.2) is 11.5 Å². The number of hydrogen-bond acceptors (Lipinski definition) is 5. The van der Waals surface area contributed by atoms with Gasteiger partial charge in [-0.2, -0.15) is 0 Å². The third-order valence-corrected chi connectivity index (χ3v) is 3.60. The Labute approximate surface area is 117 Å². The summed E-state index contributed by atoms with van der Waals surface area (Å²) in [5, 5.41) is 6.66. The molecule has 2 heterocycles. The van der Waals surface area contributed by atoms with Crippen molar-refractivity contribution in [1.29, 1.82) is 0 Å². The fourth-order valence-corrected chi connectivity index (χ4v) is 1.67. The normalized spacial score (nSPS) is 14.2. The average Bonchev–Trinajstić information content (AvgIpc) is 3.08. The first-order chi connectivity index (χ1) is 9.46. The lowest BCUT2D eigenvalue weighted by atomic mass is 9.88. The Morgan fingerprint density at radius 2 is 2.25 bits per heavy atom. The highest BCUT2D eigenvalue weighted by atomic mass is 16.5. The van der Waals surface area contributed by atoms with Crippen LogP contribution in [0.25, 0.3) is 11.5 Å². The summed E-state index contributed by atoms with van der Waals surface area (Å²) in [5.74, 6) is 0.835. The van der Waals surface area contributed by atoms with E-state index >= 15 is 0 Å². The molecule has 20 heavy (non-hydrogen) atoms. The molecule has 2 rings (SSSR count). The number of carbonyl (C=O) groups excluding carboxylic acids is 1. The van der Waals surface area contributed by atoms with Crippen LogP contribution in [0.4, 0.5) is 0 Å². The number of carbonyl (C=O) groups is 1. The van der Waals surface area contributed by atoms with E-state index < -0.39 is 5.54 Å². The Balaban J connectivity index is 2.14. The summed E-state index contributed by atoms with van der Waals surface area (Å²) >= 11 is 0. The van der Waals surface area contributed by atoms with Gasteiger partial charge in [-0.15, -0.1) is 0 Å². The molecule has 3 N–H and O–H groups in total. The molecule has 0 aliphatic heterocycles. The summed E-state index contributed by atoms with van der Waals surface area (Å²) in [7, 11) is 0. The van der Waals surface area contributed by atoms with E-state index in [4.69, 9.17) is 14.7 Å². The van der Waals surface area contributed by atoms with Gasteiger partial charge in [0.05, 0.1) is 11.8 Å². The van der Waals surface area contributed by atoms with E-state index in [2.05, 4.69) is 10.5 Å². The first-order valence-corrected chi connectivity index (χ1v) is 6.49. The minimum absolute atomic E-state index is 0.202. The number of hydrogen-bond donors (Lipinski definition) is 2. The van der Waals surface area contributed by atoms with Crippen molar-refractivity contribution >= 4 is 5.91 Å². The molecular weight excluding hydrogens is 258 g/mol. The third kappa shape index (κ3) is 2.75. The maximum Gasteiger partial charge on any atom is 0.273 e. The lowest BCUT2D eigenvalue weighted by Gasteiger charge is -2.33. The van der Waals surface area contributed by atoms with Gasteiger partial charge >= 0.3 is 0 Å². The summed E-state index contributed by atoms with van der Waals surface area (Å²) in [5.41, 5.74) is 5.46. The van der Waals surface area contributed by atoms with Crippen LogP contribution in [0.5, 0.6) is 0 Å². The zero-order valence-electron chi connectivity index (χ0n) is 11.8. The molecule has 108 valence electrons. The average molecular weight is 277 g/mol. The van der Waals surface area contributed by atoms with Crippen LogP contribution in [0, 0.1) is 5.92 Å². The van der Waals surface area contributed by atoms with Gasteiger partial charge in [0.25, 0.3) is 5.91 Å². The van der Waals surface area contributed by atoms with Crippen LogP contribution in [0.3, 0.4) is 0 Å². The lowest BCUT2D eigenvalue weighted by Crippen LogP contribution is -2.55. The van der Waals surface area contributed by atoms with E-state index in [1.807, 2.05) is 20.8 Å². The Bertz CT molecular complexity index is 574. The minimum Gasteiger partial charge on any atom is -0.461 e. The molecule has 0 saturated heterocycles. The zero-order valence-corrected chi connectivity index (χ0v) is 11.8. The summed E-state index contributed by atoms with van der Waals surface area (Å²) in [6, 6.07) is 5.02. The molecule has 1 atom stereocenters. The molecule has 0 aliphatic rings. The standard InChI is InChI=1S/C14H19N3O3/c1-9(2)14(3,8-15)16-13(18)10-7-12(20-17-10)11-5-4-6-19-11/h4-7,9H,8,15H2,1-3H3,(H,16,18). The highest BCUT2D eigenvalue weighted by Crippen LogP contribution is 2.21. The lowest BCUT2D eigenvalue weighted by molar-refractivity contribution is 0.0874. The van der Waals surface area contributed by atoms with E-state index in [1.165, 1.54) is 6.26 Å². The minimum atomic E-state index is -0.485. The van der Waals surface area contributed by atoms with Crippen LogP contribution < -0.4 is 11.1 Å². The second-order valence-corrected chi connectivity index (χ2v) is 5.28. The van der Waals surface area contributed by atoms with Crippen molar-refractivity contribution in [3.05, 3.63) is 30.2 Å². The van der Waals surface area contributed by atoms with Gasteiger partial charge in [-0.1, -0.05) is 19.0 Å². The first-order valence-electron chi connectivity index (χ1n) is 6.49. The van der Waals surface area contributed by atoms with Gasteiger partial charge in [-0.3, -0.25) is 4.79 Å². The molecular formula is C14H19N3O3. The Kier molecular flexibility index (Phi) is 3.94. The molecule has 1 unspecified atom stereocenters. The molecule has 0 bridgehead atoms. The van der Waals surface area contributed by atoms with Crippen molar-refractivity contribution < 1.29 is 13.7 Å². The number of nitrogens with two attached hydrogens (primary N) is 1. The highest BCUT2D eigenvalue weighted by molar-refractivity contribution is 5.93. The molecule has 0 fully saturated rings. The van der Waals surface area contributed by atoms with Crippen LogP contribution >= 0.6 is 0 Å². The predicted molar refractivity (Wildman–Crippen MR) is 74.0 cm³/mol. The number of nitrogens with one attached hydrogen (secondary N) is 1. The Morgan fingerprint density at radius 3 is 2.80 bits per heavy atom. The maximum absolute atomic E-state index is 12.2. The topological polar surface area (TPSA) is 94.3 Å².